The number of rotatable bonds is 4. The normalized spacial score (nSPS) is 10.8. The lowest BCUT2D eigenvalue weighted by Gasteiger charge is -2.10. The van der Waals surface area contributed by atoms with Crippen LogP contribution in [-0.4, -0.2) is 20.7 Å². The second-order valence-electron chi connectivity index (χ2n) is 7.24. The van der Waals surface area contributed by atoms with E-state index in [1.165, 1.54) is 0 Å². The quantitative estimate of drug-likeness (QED) is 0.459. The zero-order valence-corrected chi connectivity index (χ0v) is 17.7. The average molecular weight is 417 g/mol. The molecule has 6 heteroatoms. The molecule has 3 aromatic carbocycles. The van der Waals surface area contributed by atoms with Gasteiger partial charge in [0.25, 0.3) is 5.91 Å². The molecule has 5 nitrogen and oxygen atoms in total. The lowest BCUT2D eigenvalue weighted by molar-refractivity contribution is 0.101. The summed E-state index contributed by atoms with van der Waals surface area (Å²) in [4.78, 5) is 17.4. The fourth-order valence-corrected chi connectivity index (χ4v) is 3.37. The molecule has 0 atom stereocenters. The molecule has 1 heterocycles. The minimum absolute atomic E-state index is 0.0893. The molecule has 4 aromatic rings. The van der Waals surface area contributed by atoms with Gasteiger partial charge in [0, 0.05) is 16.3 Å². The number of hydrogen-bond acceptors (Lipinski definition) is 3. The first-order chi connectivity index (χ1) is 14.4. The molecule has 0 spiro atoms. The number of nitrogens with one attached hydrogen (secondary N) is 1. The van der Waals surface area contributed by atoms with Gasteiger partial charge in [-0.05, 0) is 56.7 Å². The molecule has 1 aromatic heterocycles. The highest BCUT2D eigenvalue weighted by Gasteiger charge is 2.20. The molecule has 0 aliphatic carbocycles. The van der Waals surface area contributed by atoms with E-state index in [0.29, 0.717) is 16.5 Å². The summed E-state index contributed by atoms with van der Waals surface area (Å²) in [6.07, 6.45) is 0. The van der Waals surface area contributed by atoms with Gasteiger partial charge in [-0.1, -0.05) is 59.1 Å². The highest BCUT2D eigenvalue weighted by atomic mass is 35.5. The topological polar surface area (TPSA) is 59.8 Å². The van der Waals surface area contributed by atoms with Gasteiger partial charge >= 0.3 is 0 Å². The van der Waals surface area contributed by atoms with Gasteiger partial charge in [0.1, 0.15) is 0 Å². The van der Waals surface area contributed by atoms with Crippen molar-refractivity contribution >= 4 is 23.2 Å². The number of carbonyl (C=O) groups is 1. The van der Waals surface area contributed by atoms with Crippen molar-refractivity contribution in [1.29, 1.82) is 0 Å². The SMILES string of the molecule is Cc1ccc(NC(=O)c2nc(-c3cccc(C)c3)n(-c3cccc(Cl)c3C)n2)cc1. The van der Waals surface area contributed by atoms with Crippen LogP contribution in [-0.2, 0) is 0 Å². The Morgan fingerprint density at radius 3 is 2.40 bits per heavy atom. The maximum Gasteiger partial charge on any atom is 0.295 e. The summed E-state index contributed by atoms with van der Waals surface area (Å²) in [5.41, 5.74) is 5.42. The van der Waals surface area contributed by atoms with Gasteiger partial charge < -0.3 is 5.32 Å². The molecular formula is C24H21ClN4O. The Kier molecular flexibility index (Phi) is 5.38. The number of benzene rings is 3. The molecule has 0 radical (unpaired) electrons. The monoisotopic (exact) mass is 416 g/mol. The maximum atomic E-state index is 12.9. The molecule has 0 unspecified atom stereocenters. The van der Waals surface area contributed by atoms with Gasteiger partial charge in [-0.2, -0.15) is 0 Å². The van der Waals surface area contributed by atoms with E-state index in [-0.39, 0.29) is 11.7 Å². The highest BCUT2D eigenvalue weighted by molar-refractivity contribution is 6.31. The summed E-state index contributed by atoms with van der Waals surface area (Å²) in [6.45, 7) is 5.93. The van der Waals surface area contributed by atoms with Crippen molar-refractivity contribution in [2.24, 2.45) is 0 Å². The number of amides is 1. The first-order valence-electron chi connectivity index (χ1n) is 9.60. The molecule has 0 aliphatic rings. The van der Waals surface area contributed by atoms with E-state index in [1.54, 1.807) is 4.68 Å². The Morgan fingerprint density at radius 1 is 0.933 bits per heavy atom. The van der Waals surface area contributed by atoms with Crippen LogP contribution in [0.1, 0.15) is 27.3 Å². The summed E-state index contributed by atoms with van der Waals surface area (Å²) < 4.78 is 1.68. The van der Waals surface area contributed by atoms with Crippen LogP contribution in [0, 0.1) is 20.8 Å². The number of carbonyl (C=O) groups excluding carboxylic acids is 1. The number of aryl methyl sites for hydroxylation is 2. The van der Waals surface area contributed by atoms with Crippen LogP contribution in [0.2, 0.25) is 5.02 Å². The van der Waals surface area contributed by atoms with E-state index in [1.807, 2.05) is 87.5 Å². The number of nitrogens with zero attached hydrogens (tertiary/aromatic N) is 3. The van der Waals surface area contributed by atoms with Crippen molar-refractivity contribution in [2.45, 2.75) is 20.8 Å². The molecule has 0 saturated carbocycles. The zero-order valence-electron chi connectivity index (χ0n) is 17.0. The fraction of sp³-hybridized carbons (Fsp3) is 0.125. The van der Waals surface area contributed by atoms with Crippen LogP contribution in [0.3, 0.4) is 0 Å². The lowest BCUT2D eigenvalue weighted by Crippen LogP contribution is -2.14. The van der Waals surface area contributed by atoms with Crippen molar-refractivity contribution < 1.29 is 4.79 Å². The maximum absolute atomic E-state index is 12.9. The van der Waals surface area contributed by atoms with Crippen molar-refractivity contribution in [3.63, 3.8) is 0 Å². The summed E-state index contributed by atoms with van der Waals surface area (Å²) in [5, 5.41) is 8.03. The lowest BCUT2D eigenvalue weighted by atomic mass is 10.1. The average Bonchev–Trinajstić information content (AvgIpc) is 3.17. The van der Waals surface area contributed by atoms with Crippen LogP contribution in [0.15, 0.2) is 66.7 Å². The van der Waals surface area contributed by atoms with Gasteiger partial charge in [0.2, 0.25) is 5.82 Å². The predicted octanol–water partition coefficient (Wildman–Crippen LogP) is 5.77. The number of hydrogen-bond donors (Lipinski definition) is 1. The van der Waals surface area contributed by atoms with E-state index in [2.05, 4.69) is 15.4 Å². The van der Waals surface area contributed by atoms with Crippen LogP contribution < -0.4 is 5.32 Å². The Balaban J connectivity index is 1.80. The minimum atomic E-state index is -0.369. The van der Waals surface area contributed by atoms with Crippen LogP contribution >= 0.6 is 11.6 Å². The Labute approximate surface area is 180 Å². The number of aromatic nitrogens is 3. The van der Waals surface area contributed by atoms with Gasteiger partial charge in [-0.25, -0.2) is 9.67 Å². The third-order valence-electron chi connectivity index (χ3n) is 4.86. The van der Waals surface area contributed by atoms with Crippen LogP contribution in [0.25, 0.3) is 17.1 Å². The van der Waals surface area contributed by atoms with Gasteiger partial charge in [0.05, 0.1) is 5.69 Å². The number of anilines is 1. The molecule has 1 N–H and O–H groups in total. The Morgan fingerprint density at radius 2 is 1.67 bits per heavy atom. The second kappa shape index (κ2) is 8.13. The zero-order chi connectivity index (χ0) is 21.3. The standard InChI is InChI=1S/C24H21ClN4O/c1-15-10-12-19(13-11-15)26-24(30)22-27-23(18-7-4-6-16(2)14-18)29(28-22)21-9-5-8-20(25)17(21)3/h4-14H,1-3H3,(H,26,30). The fourth-order valence-electron chi connectivity index (χ4n) is 3.20. The Bertz CT molecular complexity index is 1230. The first kappa shape index (κ1) is 19.9. The molecule has 0 fully saturated rings. The van der Waals surface area contributed by atoms with Gasteiger partial charge in [0.15, 0.2) is 5.82 Å². The second-order valence-corrected chi connectivity index (χ2v) is 7.65. The molecule has 4 rings (SSSR count). The van der Waals surface area contributed by atoms with Crippen molar-refractivity contribution in [3.05, 3.63) is 94.3 Å². The summed E-state index contributed by atoms with van der Waals surface area (Å²) >= 11 is 6.34. The summed E-state index contributed by atoms with van der Waals surface area (Å²) in [7, 11) is 0. The molecule has 30 heavy (non-hydrogen) atoms. The van der Waals surface area contributed by atoms with Crippen LogP contribution in [0.5, 0.6) is 0 Å². The molecule has 0 bridgehead atoms. The molecule has 1 amide bonds. The predicted molar refractivity (Wildman–Crippen MR) is 120 cm³/mol. The third kappa shape index (κ3) is 3.98. The van der Waals surface area contributed by atoms with E-state index in [4.69, 9.17) is 11.6 Å². The van der Waals surface area contributed by atoms with Gasteiger partial charge in [-0.3, -0.25) is 4.79 Å². The smallest absolute Gasteiger partial charge is 0.295 e. The number of halogens is 1. The summed E-state index contributed by atoms with van der Waals surface area (Å²) in [6, 6.07) is 21.1. The van der Waals surface area contributed by atoms with Gasteiger partial charge in [-0.15, -0.1) is 5.10 Å². The van der Waals surface area contributed by atoms with Crippen molar-refractivity contribution in [3.8, 4) is 17.1 Å². The third-order valence-corrected chi connectivity index (χ3v) is 5.27. The molecular weight excluding hydrogens is 396 g/mol. The first-order valence-corrected chi connectivity index (χ1v) is 9.98. The van der Waals surface area contributed by atoms with Crippen LogP contribution in [0.4, 0.5) is 5.69 Å². The van der Waals surface area contributed by atoms with E-state index < -0.39 is 0 Å². The molecule has 0 saturated heterocycles. The summed E-state index contributed by atoms with van der Waals surface area (Å²) in [5.74, 6) is 0.302. The van der Waals surface area contributed by atoms with Crippen molar-refractivity contribution in [2.75, 3.05) is 5.32 Å². The van der Waals surface area contributed by atoms with E-state index >= 15 is 0 Å². The van der Waals surface area contributed by atoms with E-state index in [0.717, 1.165) is 27.9 Å². The Hall–Kier alpha value is -3.44. The molecule has 0 aliphatic heterocycles. The minimum Gasteiger partial charge on any atom is -0.319 e. The molecule has 150 valence electrons. The van der Waals surface area contributed by atoms with Crippen molar-refractivity contribution in [1.82, 2.24) is 14.8 Å². The van der Waals surface area contributed by atoms with E-state index in [9.17, 15) is 4.79 Å². The largest absolute Gasteiger partial charge is 0.319 e. The highest BCUT2D eigenvalue weighted by Crippen LogP contribution is 2.27.